The summed E-state index contributed by atoms with van der Waals surface area (Å²) in [6.45, 7) is 3.65. The molecule has 4 heteroatoms. The maximum Gasteiger partial charge on any atom is 0.344 e. The standard InChI is InChI=1S/C23H21NO3/c1-14(25)19-18-13-16-9-5-11-24-12-6-10-17(21(16)24)22(18)27-23(26)20(19)15-7-3-2-4-8-15/h2-4,7-8,13H,5-6,9-12H2,1H3. The van der Waals surface area contributed by atoms with Crippen LogP contribution in [0, 0.1) is 0 Å². The number of hydrogen-bond acceptors (Lipinski definition) is 4. The zero-order chi connectivity index (χ0) is 18.5. The molecule has 0 saturated carbocycles. The van der Waals surface area contributed by atoms with Gasteiger partial charge in [0.25, 0.3) is 0 Å². The van der Waals surface area contributed by atoms with Crippen LogP contribution in [-0.4, -0.2) is 18.9 Å². The molecule has 27 heavy (non-hydrogen) atoms. The molecule has 0 bridgehead atoms. The minimum absolute atomic E-state index is 0.0950. The first-order valence-corrected chi connectivity index (χ1v) is 9.62. The highest BCUT2D eigenvalue weighted by Crippen LogP contribution is 2.41. The van der Waals surface area contributed by atoms with Gasteiger partial charge >= 0.3 is 5.63 Å². The largest absolute Gasteiger partial charge is 0.422 e. The highest BCUT2D eigenvalue weighted by atomic mass is 16.4. The number of ketones is 1. The summed E-state index contributed by atoms with van der Waals surface area (Å²) in [5.41, 5.74) is 5.40. The van der Waals surface area contributed by atoms with Gasteiger partial charge in [0.15, 0.2) is 5.78 Å². The number of Topliss-reactive ketones (excluding diaryl/α,β-unsaturated/α-hetero) is 1. The van der Waals surface area contributed by atoms with E-state index in [1.54, 1.807) is 0 Å². The van der Waals surface area contributed by atoms with Crippen molar-refractivity contribution in [3.8, 4) is 11.1 Å². The van der Waals surface area contributed by atoms with Gasteiger partial charge in [-0.05, 0) is 49.8 Å². The second kappa shape index (κ2) is 6.08. The van der Waals surface area contributed by atoms with Gasteiger partial charge in [-0.3, -0.25) is 4.79 Å². The number of benzene rings is 2. The molecule has 1 aromatic heterocycles. The Kier molecular flexibility index (Phi) is 3.67. The van der Waals surface area contributed by atoms with Crippen LogP contribution in [0.15, 0.2) is 45.6 Å². The SMILES string of the molecule is CC(=O)c1c(-c2ccccc2)c(=O)oc2c3c4c(cc12)CCCN4CCC3. The van der Waals surface area contributed by atoms with Crippen molar-refractivity contribution in [2.75, 3.05) is 18.0 Å². The van der Waals surface area contributed by atoms with Crippen LogP contribution >= 0.6 is 0 Å². The van der Waals surface area contributed by atoms with E-state index in [0.717, 1.165) is 55.3 Å². The Morgan fingerprint density at radius 3 is 2.56 bits per heavy atom. The molecular weight excluding hydrogens is 338 g/mol. The van der Waals surface area contributed by atoms with Gasteiger partial charge in [-0.2, -0.15) is 0 Å². The minimum atomic E-state index is -0.428. The zero-order valence-corrected chi connectivity index (χ0v) is 15.4. The Morgan fingerprint density at radius 1 is 1.07 bits per heavy atom. The van der Waals surface area contributed by atoms with Crippen molar-refractivity contribution in [2.24, 2.45) is 0 Å². The van der Waals surface area contributed by atoms with E-state index in [9.17, 15) is 9.59 Å². The minimum Gasteiger partial charge on any atom is -0.422 e. The molecule has 0 unspecified atom stereocenters. The van der Waals surface area contributed by atoms with E-state index in [0.29, 0.717) is 16.7 Å². The van der Waals surface area contributed by atoms with Crippen LogP contribution in [-0.2, 0) is 12.8 Å². The average Bonchev–Trinajstić information content (AvgIpc) is 2.68. The highest BCUT2D eigenvalue weighted by Gasteiger charge is 2.29. The number of aryl methyl sites for hydroxylation is 2. The summed E-state index contributed by atoms with van der Waals surface area (Å²) >= 11 is 0. The van der Waals surface area contributed by atoms with E-state index in [1.165, 1.54) is 18.2 Å². The van der Waals surface area contributed by atoms with E-state index in [2.05, 4.69) is 11.0 Å². The fourth-order valence-corrected chi connectivity index (χ4v) is 4.75. The van der Waals surface area contributed by atoms with Crippen molar-refractivity contribution in [2.45, 2.75) is 32.6 Å². The third-order valence-electron chi connectivity index (χ3n) is 5.81. The molecule has 0 N–H and O–H groups in total. The van der Waals surface area contributed by atoms with Crippen LogP contribution < -0.4 is 10.5 Å². The molecule has 3 aromatic rings. The molecule has 0 amide bonds. The normalized spacial score (nSPS) is 15.7. The van der Waals surface area contributed by atoms with Gasteiger partial charge in [0.2, 0.25) is 0 Å². The summed E-state index contributed by atoms with van der Waals surface area (Å²) in [6, 6.07) is 11.4. The second-order valence-corrected chi connectivity index (χ2v) is 7.50. The summed E-state index contributed by atoms with van der Waals surface area (Å²) in [6.07, 6.45) is 4.06. The Labute approximate surface area is 157 Å². The van der Waals surface area contributed by atoms with Gasteiger partial charge in [0.1, 0.15) is 5.58 Å². The zero-order valence-electron chi connectivity index (χ0n) is 15.4. The number of nitrogens with zero attached hydrogens (tertiary/aromatic N) is 1. The quantitative estimate of drug-likeness (QED) is 0.504. The number of hydrogen-bond donors (Lipinski definition) is 0. The molecule has 5 rings (SSSR count). The predicted octanol–water partition coefficient (Wildman–Crippen LogP) is 4.36. The van der Waals surface area contributed by atoms with E-state index in [1.807, 2.05) is 30.3 Å². The van der Waals surface area contributed by atoms with Crippen LogP contribution in [0.3, 0.4) is 0 Å². The van der Waals surface area contributed by atoms with Crippen molar-refractivity contribution in [1.82, 2.24) is 0 Å². The fourth-order valence-electron chi connectivity index (χ4n) is 4.75. The molecule has 2 aromatic carbocycles. The highest BCUT2D eigenvalue weighted by molar-refractivity contribution is 6.12. The van der Waals surface area contributed by atoms with Crippen molar-refractivity contribution in [3.63, 3.8) is 0 Å². The van der Waals surface area contributed by atoms with Crippen LogP contribution in [0.2, 0.25) is 0 Å². The molecule has 0 fully saturated rings. The summed E-state index contributed by atoms with van der Waals surface area (Å²) in [5.74, 6) is -0.0950. The fraction of sp³-hybridized carbons (Fsp3) is 0.304. The van der Waals surface area contributed by atoms with Gasteiger partial charge in [-0.15, -0.1) is 0 Å². The Bertz CT molecular complexity index is 1130. The molecule has 0 spiro atoms. The first-order valence-electron chi connectivity index (χ1n) is 9.62. The Balaban J connectivity index is 1.92. The molecule has 2 aliphatic heterocycles. The summed E-state index contributed by atoms with van der Waals surface area (Å²) in [7, 11) is 0. The summed E-state index contributed by atoms with van der Waals surface area (Å²) in [4.78, 5) is 28.0. The van der Waals surface area contributed by atoms with Crippen molar-refractivity contribution in [3.05, 3.63) is 63.5 Å². The van der Waals surface area contributed by atoms with Gasteiger partial charge in [-0.25, -0.2) is 4.79 Å². The van der Waals surface area contributed by atoms with Gasteiger partial charge in [0.05, 0.1) is 5.56 Å². The number of anilines is 1. The van der Waals surface area contributed by atoms with Crippen LogP contribution in [0.1, 0.15) is 41.3 Å². The molecule has 2 aliphatic rings. The smallest absolute Gasteiger partial charge is 0.344 e. The van der Waals surface area contributed by atoms with E-state index >= 15 is 0 Å². The van der Waals surface area contributed by atoms with Crippen molar-refractivity contribution in [1.29, 1.82) is 0 Å². The predicted molar refractivity (Wildman–Crippen MR) is 107 cm³/mol. The third kappa shape index (κ3) is 2.43. The maximum absolute atomic E-state index is 13.0. The molecule has 0 saturated heterocycles. The summed E-state index contributed by atoms with van der Waals surface area (Å²) in [5, 5.41) is 0.790. The molecule has 0 aliphatic carbocycles. The van der Waals surface area contributed by atoms with Gasteiger partial charge < -0.3 is 9.32 Å². The first kappa shape index (κ1) is 16.3. The molecule has 0 atom stereocenters. The topological polar surface area (TPSA) is 50.5 Å². The molecule has 136 valence electrons. The third-order valence-corrected chi connectivity index (χ3v) is 5.81. The van der Waals surface area contributed by atoms with E-state index in [4.69, 9.17) is 4.42 Å². The number of carbonyl (C=O) groups excluding carboxylic acids is 1. The molecule has 0 radical (unpaired) electrons. The summed E-state index contributed by atoms with van der Waals surface area (Å²) < 4.78 is 5.87. The van der Waals surface area contributed by atoms with Crippen LogP contribution in [0.5, 0.6) is 0 Å². The maximum atomic E-state index is 13.0. The molecular formula is C23H21NO3. The van der Waals surface area contributed by atoms with Crippen LogP contribution in [0.25, 0.3) is 22.1 Å². The Morgan fingerprint density at radius 2 is 1.81 bits per heavy atom. The van der Waals surface area contributed by atoms with Crippen LogP contribution in [0.4, 0.5) is 5.69 Å². The first-order chi connectivity index (χ1) is 13.1. The van der Waals surface area contributed by atoms with E-state index in [-0.39, 0.29) is 5.78 Å². The van der Waals surface area contributed by atoms with E-state index < -0.39 is 5.63 Å². The molecule has 3 heterocycles. The van der Waals surface area contributed by atoms with Gasteiger partial charge in [-0.1, -0.05) is 30.3 Å². The lowest BCUT2D eigenvalue weighted by Crippen LogP contribution is -2.34. The number of carbonyl (C=O) groups is 1. The Hall–Kier alpha value is -2.88. The lowest BCUT2D eigenvalue weighted by atomic mass is 9.87. The number of fused-ring (bicyclic) bond motifs is 2. The monoisotopic (exact) mass is 359 g/mol. The number of rotatable bonds is 2. The second-order valence-electron chi connectivity index (χ2n) is 7.50. The van der Waals surface area contributed by atoms with Gasteiger partial charge in [0, 0.05) is 35.3 Å². The average molecular weight is 359 g/mol. The lowest BCUT2D eigenvalue weighted by molar-refractivity contribution is 0.101. The van der Waals surface area contributed by atoms with Crippen molar-refractivity contribution >= 4 is 22.4 Å². The van der Waals surface area contributed by atoms with Crippen molar-refractivity contribution < 1.29 is 9.21 Å². The molecule has 4 nitrogen and oxygen atoms in total. The lowest BCUT2D eigenvalue weighted by Gasteiger charge is -2.37.